The molecular formula is C73H99BrN19NaO20S. The molecule has 39 nitrogen and oxygen atoms in total. The number of halogens is 1. The summed E-state index contributed by atoms with van der Waals surface area (Å²) in [5, 5.41) is 37.9. The Morgan fingerprint density at radius 3 is 1.95 bits per heavy atom. The molecule has 115 heavy (non-hydrogen) atoms. The maximum absolute atomic E-state index is 15.2. The molecule has 1 aromatic heterocycles. The SMILES string of the molecule is CC(C)[C@H](NC(=O)[C@H](NC(=O)[C@@H]1CCCN1C(=O)[C@H](Cc1ccc(Br)cc1)NC(=O)[C@@H](C)NC=O)C(C)C)C(=O)N[C@H](Cc1c[nH]c2ccccc12)C(=O)N[C@@H](CCCNC(=N)N)C(=O)N[C@H](CS(=O)(=O)[O-])C(=O)N[C@@H]1C(=O)N(C)[C@@H](CCC(N)=O)C(=O)N[C@H](Cc2ccccc2)C(=O)NCC(=O)N[C@H](CC(N)=O)C(=O)O[C@@H]1C.[Na+]. The van der Waals surface area contributed by atoms with Gasteiger partial charge in [-0.05, 0) is 92.7 Å². The molecule has 20 N–H and O–H groups in total. The number of ether oxygens (including phenoxy) is 1. The Morgan fingerprint density at radius 2 is 1.32 bits per heavy atom. The molecule has 0 radical (unpaired) electrons. The van der Waals surface area contributed by atoms with Crippen molar-refractivity contribution in [2.75, 3.05) is 32.4 Å². The van der Waals surface area contributed by atoms with Crippen LogP contribution in [0.5, 0.6) is 0 Å². The molecule has 3 heterocycles. The van der Waals surface area contributed by atoms with E-state index in [0.29, 0.717) is 45.3 Å². The maximum Gasteiger partial charge on any atom is 1.00 e. The van der Waals surface area contributed by atoms with E-state index in [1.165, 1.54) is 18.0 Å². The van der Waals surface area contributed by atoms with Gasteiger partial charge in [0.15, 0.2) is 5.96 Å². The number of rotatable bonds is 36. The Morgan fingerprint density at radius 1 is 0.713 bits per heavy atom. The molecule has 2 fully saturated rings. The molecule has 15 amide bonds. The third kappa shape index (κ3) is 29.3. The number of fused-ring (bicyclic) bond motifs is 1. The molecule has 6 rings (SSSR count). The van der Waals surface area contributed by atoms with Crippen molar-refractivity contribution in [2.45, 2.75) is 184 Å². The minimum absolute atomic E-state index is 0. The van der Waals surface area contributed by atoms with E-state index >= 15 is 9.59 Å². The fraction of sp³-hybridized carbons (Fsp3) is 0.493. The van der Waals surface area contributed by atoms with Crippen molar-refractivity contribution < 1.29 is 124 Å². The number of primary amides is 2. The summed E-state index contributed by atoms with van der Waals surface area (Å²) in [7, 11) is -4.66. The smallest absolute Gasteiger partial charge is 0.748 e. The third-order valence-corrected chi connectivity index (χ3v) is 20.1. The zero-order valence-corrected chi connectivity index (χ0v) is 69.2. The summed E-state index contributed by atoms with van der Waals surface area (Å²) in [5.41, 5.74) is 18.6. The molecule has 0 unspecified atom stereocenters. The maximum atomic E-state index is 15.2. The first-order valence-corrected chi connectivity index (χ1v) is 39.0. The first-order chi connectivity index (χ1) is 53.7. The standard InChI is InChI=1S/C73H100BrN19O20S.Na/c1-37(2)58(90-69(106)59(38(3)4)89-67(104)54-20-14-28-93(54)70(107)50(87-61(98)39(5)82-36-94)30-42-21-23-44(74)24-22-42)68(105)86-49(31-43-33-80-46-18-12-11-17-45(43)46)64(101)84-47(19-13-27-79-73(77)78)63(100)88-52(35-114(110,111)112)65(102)91-60-40(6)113-72(109)51(32-56(76)96)83-57(97)34-81-62(99)48(29-41-15-9-8-10-16-41)85-66(103)53(25-26-55(75)95)92(7)71(60)108;/h8-12,15-18,21-24,33,36-40,47-54,58-60,80H,13-14,19-20,25-32,34-35H2,1-7H3,(H2,75,95)(H2,76,96)(H,81,99)(H,82,94)(H,83,97)(H,84,101)(H,85,103)(H,86,105)(H,87,98)(H,88,100)(H,89,104)(H,90,106)(H,91,102)(H4,77,78,79)(H,110,111,112);/q;+1/p-1/t39-,40-,47+,48-,49-,50+,51-,52-,53+,54+,58+,59-,60+;/m1./s1. The third-order valence-electron chi connectivity index (χ3n) is 18.8. The molecule has 42 heteroatoms. The molecule has 620 valence electrons. The predicted octanol–water partition coefficient (Wildman–Crippen LogP) is -7.40. The van der Waals surface area contributed by atoms with Gasteiger partial charge >= 0.3 is 35.5 Å². The quantitative estimate of drug-likeness (QED) is 0.00383. The van der Waals surface area contributed by atoms with Crippen LogP contribution < -0.4 is 111 Å². The molecular weight excluding hydrogens is 1600 g/mol. The number of esters is 1. The Hall–Kier alpha value is -10.6. The number of para-hydroxylation sites is 1. The summed E-state index contributed by atoms with van der Waals surface area (Å²) >= 11 is 3.38. The number of hydrogen-bond acceptors (Lipinski definition) is 21. The summed E-state index contributed by atoms with van der Waals surface area (Å²) in [5.74, 6) is -20.1. The summed E-state index contributed by atoms with van der Waals surface area (Å²) in [6.45, 7) is 7.82. The summed E-state index contributed by atoms with van der Waals surface area (Å²) in [4.78, 5) is 229. The summed E-state index contributed by atoms with van der Waals surface area (Å²) < 4.78 is 44.9. The molecule has 3 aromatic carbocycles. The fourth-order valence-corrected chi connectivity index (χ4v) is 13.6. The number of nitrogens with zero attached hydrogens (tertiary/aromatic N) is 2. The van der Waals surface area contributed by atoms with Crippen molar-refractivity contribution >= 4 is 138 Å². The zero-order valence-electron chi connectivity index (χ0n) is 64.8. The Labute approximate surface area is 693 Å². The molecule has 13 atom stereocenters. The minimum Gasteiger partial charge on any atom is -0.748 e. The number of likely N-dealkylation sites (tertiary alicyclic amines) is 1. The van der Waals surface area contributed by atoms with Crippen molar-refractivity contribution in [3.63, 3.8) is 0 Å². The number of H-pyrrole nitrogens is 1. The van der Waals surface area contributed by atoms with Crippen LogP contribution in [0.1, 0.15) is 103 Å². The number of benzene rings is 3. The molecule has 0 saturated carbocycles. The zero-order chi connectivity index (χ0) is 84.4. The number of aromatic amines is 1. The van der Waals surface area contributed by atoms with Gasteiger partial charge in [-0.15, -0.1) is 0 Å². The second kappa shape index (κ2) is 44.9. The van der Waals surface area contributed by atoms with Crippen molar-refractivity contribution in [1.29, 1.82) is 5.41 Å². The first-order valence-electron chi connectivity index (χ1n) is 36.6. The number of nitrogens with one attached hydrogen (secondary N) is 14. The van der Waals surface area contributed by atoms with E-state index in [4.69, 9.17) is 27.3 Å². The molecule has 2 saturated heterocycles. The number of carbonyl (C=O) groups is 16. The Balaban J connectivity index is 0.0000236. The van der Waals surface area contributed by atoms with Crippen LogP contribution in [-0.2, 0) is 111 Å². The van der Waals surface area contributed by atoms with Gasteiger partial charge in [-0.3, -0.25) is 77.3 Å². The number of guanidine groups is 1. The number of amides is 15. The van der Waals surface area contributed by atoms with E-state index in [-0.39, 0.29) is 74.8 Å². The average molecular weight is 1700 g/mol. The van der Waals surface area contributed by atoms with Gasteiger partial charge in [0.25, 0.3) is 0 Å². The average Bonchev–Trinajstić information content (AvgIpc) is 1.79. The van der Waals surface area contributed by atoms with E-state index in [0.717, 1.165) is 18.4 Å². The number of aromatic nitrogens is 1. The van der Waals surface area contributed by atoms with Gasteiger partial charge in [0.1, 0.15) is 78.6 Å². The number of likely N-dealkylation sites (N-methyl/N-ethyl adjacent to an activating group) is 1. The molecule has 0 spiro atoms. The second-order valence-corrected chi connectivity index (χ2v) is 30.7. The van der Waals surface area contributed by atoms with Gasteiger partial charge in [-0.1, -0.05) is 104 Å². The number of carbonyl (C=O) groups excluding carboxylic acids is 16. The molecule has 0 bridgehead atoms. The van der Waals surface area contributed by atoms with Crippen LogP contribution in [0, 0.1) is 17.2 Å². The monoisotopic (exact) mass is 1700 g/mol. The number of cyclic esters (lactones) is 1. The number of nitrogens with two attached hydrogens (primary N) is 3. The molecule has 4 aromatic rings. The van der Waals surface area contributed by atoms with Gasteiger partial charge < -0.3 is 105 Å². The Bertz CT molecular complexity index is 4310. The van der Waals surface area contributed by atoms with Crippen molar-refractivity contribution in [2.24, 2.45) is 29.0 Å². The molecule has 2 aliphatic rings. The van der Waals surface area contributed by atoms with Crippen LogP contribution in [0.25, 0.3) is 10.9 Å². The van der Waals surface area contributed by atoms with Gasteiger partial charge in [0, 0.05) is 67.4 Å². The molecule has 2 aliphatic heterocycles. The van der Waals surface area contributed by atoms with Gasteiger partial charge in [-0.2, -0.15) is 0 Å². The topological polar surface area (TPSA) is 608 Å². The van der Waals surface area contributed by atoms with Crippen molar-refractivity contribution in [1.82, 2.24) is 78.6 Å². The van der Waals surface area contributed by atoms with Crippen LogP contribution in [0.3, 0.4) is 0 Å². The van der Waals surface area contributed by atoms with Crippen molar-refractivity contribution in [3.8, 4) is 0 Å². The van der Waals surface area contributed by atoms with Crippen LogP contribution in [0.2, 0.25) is 0 Å². The first kappa shape index (κ1) is 95.0. The van der Waals surface area contributed by atoms with Crippen molar-refractivity contribution in [3.05, 3.63) is 106 Å². The van der Waals surface area contributed by atoms with Gasteiger partial charge in [0.05, 0.1) is 28.8 Å². The summed E-state index contributed by atoms with van der Waals surface area (Å²) in [6.07, 6.45) is -2.97. The van der Waals surface area contributed by atoms with E-state index < -0.39 is 233 Å². The van der Waals surface area contributed by atoms with E-state index in [1.807, 2.05) is 0 Å². The van der Waals surface area contributed by atoms with Crippen LogP contribution in [0.4, 0.5) is 0 Å². The van der Waals surface area contributed by atoms with Gasteiger partial charge in [-0.25, -0.2) is 13.2 Å². The van der Waals surface area contributed by atoms with E-state index in [9.17, 15) is 80.1 Å². The van der Waals surface area contributed by atoms with Crippen LogP contribution >= 0.6 is 15.9 Å². The van der Waals surface area contributed by atoms with E-state index in [2.05, 4.69) is 84.7 Å². The van der Waals surface area contributed by atoms with Crippen LogP contribution in [0.15, 0.2) is 89.5 Å². The van der Waals surface area contributed by atoms with Crippen LogP contribution in [-0.4, -0.2) is 240 Å². The minimum atomic E-state index is -5.65. The number of hydrogen-bond donors (Lipinski definition) is 17. The van der Waals surface area contributed by atoms with Gasteiger partial charge in [0.2, 0.25) is 89.1 Å². The largest absolute Gasteiger partial charge is 1.00 e. The summed E-state index contributed by atoms with van der Waals surface area (Å²) in [6, 6.07) is 1.88. The Kier molecular flexibility index (Phi) is 37.1. The fourth-order valence-electron chi connectivity index (χ4n) is 12.7. The van der Waals surface area contributed by atoms with E-state index in [1.54, 1.807) is 107 Å². The predicted molar refractivity (Wildman–Crippen MR) is 412 cm³/mol. The second-order valence-electron chi connectivity index (χ2n) is 28.4. The molecule has 0 aliphatic carbocycles. The normalized spacial score (nSPS) is 19.5.